The van der Waals surface area contributed by atoms with Crippen LogP contribution in [-0.4, -0.2) is 30.1 Å². The van der Waals surface area contributed by atoms with Crippen LogP contribution in [0.25, 0.3) is 0 Å². The van der Waals surface area contributed by atoms with E-state index in [0.717, 1.165) is 10.0 Å². The fourth-order valence-corrected chi connectivity index (χ4v) is 3.06. The van der Waals surface area contributed by atoms with Crippen molar-refractivity contribution >= 4 is 21.8 Å². The molecule has 0 aromatic heterocycles. The van der Waals surface area contributed by atoms with Crippen molar-refractivity contribution in [2.24, 2.45) is 5.92 Å². The van der Waals surface area contributed by atoms with Gasteiger partial charge < -0.3 is 4.90 Å². The first kappa shape index (κ1) is 15.4. The summed E-state index contributed by atoms with van der Waals surface area (Å²) in [6.07, 6.45) is -4.17. The van der Waals surface area contributed by atoms with Gasteiger partial charge in [-0.2, -0.15) is 13.2 Å². The highest BCUT2D eigenvalue weighted by molar-refractivity contribution is 9.10. The molecule has 0 atom stereocenters. The third-order valence-corrected chi connectivity index (χ3v) is 3.99. The van der Waals surface area contributed by atoms with Gasteiger partial charge in [0.2, 0.25) is 0 Å². The van der Waals surface area contributed by atoms with E-state index in [1.54, 1.807) is 12.1 Å². The molecular weight excluding hydrogens is 335 g/mol. The van der Waals surface area contributed by atoms with Crippen LogP contribution in [0, 0.1) is 12.8 Å². The Hall–Kier alpha value is -1.04. The molecule has 0 bridgehead atoms. The molecule has 0 saturated carbocycles. The Labute approximate surface area is 124 Å². The second-order valence-corrected chi connectivity index (χ2v) is 6.04. The molecule has 2 nitrogen and oxygen atoms in total. The molecule has 1 aliphatic rings. The number of piperidine rings is 1. The fourth-order valence-electron chi connectivity index (χ4n) is 2.45. The Balaban J connectivity index is 2.05. The van der Waals surface area contributed by atoms with Crippen molar-refractivity contribution in [3.63, 3.8) is 0 Å². The van der Waals surface area contributed by atoms with Crippen LogP contribution in [0.15, 0.2) is 22.7 Å². The summed E-state index contributed by atoms with van der Waals surface area (Å²) in [5, 5.41) is 0. The van der Waals surface area contributed by atoms with Crippen molar-refractivity contribution in [1.29, 1.82) is 0 Å². The van der Waals surface area contributed by atoms with E-state index in [4.69, 9.17) is 0 Å². The minimum Gasteiger partial charge on any atom is -0.339 e. The van der Waals surface area contributed by atoms with E-state index in [1.807, 2.05) is 13.0 Å². The Kier molecular flexibility index (Phi) is 4.42. The number of carbonyl (C=O) groups excluding carboxylic acids is 1. The molecular formula is C14H15BrF3NO. The molecule has 20 heavy (non-hydrogen) atoms. The summed E-state index contributed by atoms with van der Waals surface area (Å²) in [5.74, 6) is -1.48. The molecule has 2 rings (SSSR count). The highest BCUT2D eigenvalue weighted by Crippen LogP contribution is 2.34. The molecule has 1 aromatic rings. The first-order valence-electron chi connectivity index (χ1n) is 6.40. The zero-order valence-electron chi connectivity index (χ0n) is 11.0. The number of hydrogen-bond acceptors (Lipinski definition) is 1. The molecule has 0 unspecified atom stereocenters. The average molecular weight is 350 g/mol. The van der Waals surface area contributed by atoms with E-state index in [-0.39, 0.29) is 31.8 Å². The second-order valence-electron chi connectivity index (χ2n) is 5.13. The van der Waals surface area contributed by atoms with Crippen molar-refractivity contribution in [3.05, 3.63) is 33.8 Å². The zero-order valence-corrected chi connectivity index (χ0v) is 12.6. The van der Waals surface area contributed by atoms with Crippen molar-refractivity contribution in [2.75, 3.05) is 13.1 Å². The lowest BCUT2D eigenvalue weighted by Crippen LogP contribution is -2.42. The fraction of sp³-hybridized carbons (Fsp3) is 0.500. The van der Waals surface area contributed by atoms with Crippen LogP contribution in [0.2, 0.25) is 0 Å². The van der Waals surface area contributed by atoms with Crippen LogP contribution < -0.4 is 0 Å². The number of nitrogens with zero attached hydrogens (tertiary/aromatic N) is 1. The monoisotopic (exact) mass is 349 g/mol. The van der Waals surface area contributed by atoms with E-state index >= 15 is 0 Å². The van der Waals surface area contributed by atoms with Gasteiger partial charge in [0, 0.05) is 23.1 Å². The summed E-state index contributed by atoms with van der Waals surface area (Å²) >= 11 is 3.32. The molecule has 1 amide bonds. The van der Waals surface area contributed by atoms with Crippen molar-refractivity contribution in [3.8, 4) is 0 Å². The summed E-state index contributed by atoms with van der Waals surface area (Å²) in [6, 6.07) is 5.33. The first-order chi connectivity index (χ1) is 9.27. The molecule has 1 heterocycles. The topological polar surface area (TPSA) is 20.3 Å². The molecule has 0 radical (unpaired) electrons. The average Bonchev–Trinajstić information content (AvgIpc) is 2.36. The van der Waals surface area contributed by atoms with Gasteiger partial charge in [-0.05, 0) is 43.5 Å². The van der Waals surface area contributed by atoms with Crippen LogP contribution >= 0.6 is 15.9 Å². The molecule has 1 saturated heterocycles. The number of halogens is 4. The minimum atomic E-state index is -4.15. The largest absolute Gasteiger partial charge is 0.391 e. The predicted molar refractivity (Wildman–Crippen MR) is 73.6 cm³/mol. The molecule has 0 spiro atoms. The molecule has 1 aliphatic heterocycles. The van der Waals surface area contributed by atoms with E-state index < -0.39 is 12.1 Å². The molecule has 1 aromatic carbocycles. The third-order valence-electron chi connectivity index (χ3n) is 3.53. The molecule has 0 N–H and O–H groups in total. The van der Waals surface area contributed by atoms with Crippen LogP contribution in [0.3, 0.4) is 0 Å². The van der Waals surface area contributed by atoms with E-state index in [9.17, 15) is 18.0 Å². The Morgan fingerprint density at radius 2 is 1.85 bits per heavy atom. The lowest BCUT2D eigenvalue weighted by molar-refractivity contribution is -0.183. The van der Waals surface area contributed by atoms with Gasteiger partial charge in [-0.15, -0.1) is 0 Å². The normalized spacial score (nSPS) is 17.4. The molecule has 1 fully saturated rings. The zero-order chi connectivity index (χ0) is 14.9. The minimum absolute atomic E-state index is 0.0117. The Morgan fingerprint density at radius 3 is 2.35 bits per heavy atom. The van der Waals surface area contributed by atoms with Gasteiger partial charge in [-0.25, -0.2) is 0 Å². The van der Waals surface area contributed by atoms with Gasteiger partial charge in [-0.3, -0.25) is 4.79 Å². The van der Waals surface area contributed by atoms with Crippen LogP contribution in [-0.2, 0) is 0 Å². The van der Waals surface area contributed by atoms with Crippen LogP contribution in [0.1, 0.15) is 28.8 Å². The van der Waals surface area contributed by atoms with Gasteiger partial charge in [-0.1, -0.05) is 15.9 Å². The lowest BCUT2D eigenvalue weighted by Gasteiger charge is -2.33. The quantitative estimate of drug-likeness (QED) is 0.744. The van der Waals surface area contributed by atoms with E-state index in [2.05, 4.69) is 15.9 Å². The number of alkyl halides is 3. The molecule has 110 valence electrons. The van der Waals surface area contributed by atoms with E-state index in [0.29, 0.717) is 5.56 Å². The number of hydrogen-bond donors (Lipinski definition) is 0. The SMILES string of the molecule is Cc1cc(Br)cc(C(=O)N2CCC(C(F)(F)F)CC2)c1. The standard InChI is InChI=1S/C14H15BrF3NO/c1-9-6-10(8-12(15)7-9)13(20)19-4-2-11(3-5-19)14(16,17)18/h6-8,11H,2-5H2,1H3. The van der Waals surface area contributed by atoms with Crippen molar-refractivity contribution < 1.29 is 18.0 Å². The maximum Gasteiger partial charge on any atom is 0.391 e. The summed E-state index contributed by atoms with van der Waals surface area (Å²) in [7, 11) is 0. The third kappa shape index (κ3) is 3.53. The van der Waals surface area contributed by atoms with Gasteiger partial charge in [0.1, 0.15) is 0 Å². The number of likely N-dealkylation sites (tertiary alicyclic amines) is 1. The van der Waals surface area contributed by atoms with Crippen LogP contribution in [0.4, 0.5) is 13.2 Å². The van der Waals surface area contributed by atoms with Gasteiger partial charge in [0.15, 0.2) is 0 Å². The predicted octanol–water partition coefficient (Wildman–Crippen LogP) is 4.17. The van der Waals surface area contributed by atoms with Crippen LogP contribution in [0.5, 0.6) is 0 Å². The Bertz CT molecular complexity index is 487. The lowest BCUT2D eigenvalue weighted by atomic mass is 9.96. The smallest absolute Gasteiger partial charge is 0.339 e. The second kappa shape index (κ2) is 5.76. The first-order valence-corrected chi connectivity index (χ1v) is 7.20. The number of aryl methyl sites for hydroxylation is 1. The summed E-state index contributed by atoms with van der Waals surface area (Å²) in [4.78, 5) is 13.8. The summed E-state index contributed by atoms with van der Waals surface area (Å²) in [6.45, 7) is 2.20. The maximum absolute atomic E-state index is 12.6. The van der Waals surface area contributed by atoms with Gasteiger partial charge in [0.25, 0.3) is 5.91 Å². The van der Waals surface area contributed by atoms with Crippen molar-refractivity contribution in [2.45, 2.75) is 25.9 Å². The van der Waals surface area contributed by atoms with E-state index in [1.165, 1.54) is 4.90 Å². The van der Waals surface area contributed by atoms with Gasteiger partial charge >= 0.3 is 6.18 Å². The van der Waals surface area contributed by atoms with Crippen molar-refractivity contribution in [1.82, 2.24) is 4.90 Å². The number of carbonyl (C=O) groups is 1. The molecule has 0 aliphatic carbocycles. The molecule has 6 heteroatoms. The number of benzene rings is 1. The Morgan fingerprint density at radius 1 is 1.25 bits per heavy atom. The highest BCUT2D eigenvalue weighted by Gasteiger charge is 2.41. The summed E-state index contributed by atoms with van der Waals surface area (Å²) in [5.41, 5.74) is 1.45. The highest BCUT2D eigenvalue weighted by atomic mass is 79.9. The number of rotatable bonds is 1. The van der Waals surface area contributed by atoms with Gasteiger partial charge in [0.05, 0.1) is 5.92 Å². The maximum atomic E-state index is 12.6. The summed E-state index contributed by atoms with van der Waals surface area (Å²) < 4.78 is 38.6. The number of amides is 1.